The molecular weight excluding hydrogens is 368 g/mol. The average Bonchev–Trinajstić information content (AvgIpc) is 3.08. The lowest BCUT2D eigenvalue weighted by Gasteiger charge is -2.16. The minimum atomic E-state index is -0.171. The van der Waals surface area contributed by atoms with Crippen molar-refractivity contribution in [3.63, 3.8) is 0 Å². The summed E-state index contributed by atoms with van der Waals surface area (Å²) in [5.74, 6) is 0.406. The molecule has 0 unspecified atom stereocenters. The first kappa shape index (κ1) is 20.1. The van der Waals surface area contributed by atoms with Crippen molar-refractivity contribution in [1.29, 1.82) is 5.26 Å². The molecule has 0 bridgehead atoms. The van der Waals surface area contributed by atoms with Crippen molar-refractivity contribution >= 4 is 5.91 Å². The Morgan fingerprint density at radius 1 is 1.21 bits per heavy atom. The second-order valence-corrected chi connectivity index (χ2v) is 6.53. The molecule has 3 rings (SSSR count). The third kappa shape index (κ3) is 4.45. The number of aliphatic hydroxyl groups is 1. The van der Waals surface area contributed by atoms with Gasteiger partial charge < -0.3 is 14.7 Å². The minimum Gasteiger partial charge on any atom is -0.487 e. The number of aliphatic hydroxyl groups excluding tert-OH is 1. The number of hydrogen-bond donors (Lipinski definition) is 1. The number of rotatable bonds is 7. The smallest absolute Gasteiger partial charge is 0.253 e. The summed E-state index contributed by atoms with van der Waals surface area (Å²) in [7, 11) is 1.64. The van der Waals surface area contributed by atoms with Gasteiger partial charge in [0.15, 0.2) is 0 Å². The van der Waals surface area contributed by atoms with Gasteiger partial charge in [-0.15, -0.1) is 0 Å². The van der Waals surface area contributed by atoms with E-state index in [1.165, 1.54) is 4.90 Å². The second kappa shape index (κ2) is 9.04. The fourth-order valence-electron chi connectivity index (χ4n) is 2.95. The summed E-state index contributed by atoms with van der Waals surface area (Å²) in [5, 5.41) is 23.0. The van der Waals surface area contributed by atoms with Crippen molar-refractivity contribution in [2.45, 2.75) is 13.5 Å². The lowest BCUT2D eigenvalue weighted by atomic mass is 10.2. The number of para-hydroxylation sites is 1. The zero-order chi connectivity index (χ0) is 20.8. The maximum Gasteiger partial charge on any atom is 0.253 e. The number of nitriles is 1. The molecule has 1 N–H and O–H groups in total. The molecule has 0 radical (unpaired) electrons. The van der Waals surface area contributed by atoms with Crippen molar-refractivity contribution in [1.82, 2.24) is 14.7 Å². The number of nitrogens with zero attached hydrogens (tertiary/aromatic N) is 4. The molecule has 0 saturated heterocycles. The van der Waals surface area contributed by atoms with Gasteiger partial charge in [-0.3, -0.25) is 4.79 Å². The number of hydrogen-bond acceptors (Lipinski definition) is 5. The van der Waals surface area contributed by atoms with Crippen LogP contribution < -0.4 is 4.74 Å². The molecule has 0 fully saturated rings. The highest BCUT2D eigenvalue weighted by molar-refractivity contribution is 5.94. The second-order valence-electron chi connectivity index (χ2n) is 6.53. The third-order valence-electron chi connectivity index (χ3n) is 4.53. The highest BCUT2D eigenvalue weighted by Gasteiger charge is 2.17. The summed E-state index contributed by atoms with van der Waals surface area (Å²) in [4.78, 5) is 13.7. The van der Waals surface area contributed by atoms with Crippen LogP contribution in [0.2, 0.25) is 0 Å². The van der Waals surface area contributed by atoms with E-state index < -0.39 is 0 Å². The number of aromatic nitrogens is 2. The van der Waals surface area contributed by atoms with Gasteiger partial charge in [0.25, 0.3) is 5.91 Å². The van der Waals surface area contributed by atoms with Crippen molar-refractivity contribution in [3.8, 4) is 17.5 Å². The van der Waals surface area contributed by atoms with Crippen LogP contribution in [0.25, 0.3) is 5.69 Å². The first-order chi connectivity index (χ1) is 14.0. The number of carbonyl (C=O) groups excluding carboxylic acids is 1. The Morgan fingerprint density at radius 3 is 2.52 bits per heavy atom. The lowest BCUT2D eigenvalue weighted by molar-refractivity contribution is 0.0767. The monoisotopic (exact) mass is 390 g/mol. The molecule has 1 aromatic heterocycles. The van der Waals surface area contributed by atoms with Crippen LogP contribution in [0, 0.1) is 18.3 Å². The highest BCUT2D eigenvalue weighted by Crippen LogP contribution is 2.21. The van der Waals surface area contributed by atoms with Crippen molar-refractivity contribution in [2.24, 2.45) is 0 Å². The minimum absolute atomic E-state index is 0.0842. The van der Waals surface area contributed by atoms with Gasteiger partial charge in [-0.1, -0.05) is 18.2 Å². The molecule has 0 saturated carbocycles. The highest BCUT2D eigenvalue weighted by atomic mass is 16.5. The zero-order valence-corrected chi connectivity index (χ0v) is 16.4. The summed E-state index contributed by atoms with van der Waals surface area (Å²) in [5.41, 5.74) is 3.16. The van der Waals surface area contributed by atoms with E-state index in [0.717, 1.165) is 5.69 Å². The Labute approximate surface area is 169 Å². The summed E-state index contributed by atoms with van der Waals surface area (Å²) in [6, 6.07) is 18.6. The molecule has 2 aromatic carbocycles. The molecule has 3 aromatic rings. The quantitative estimate of drug-likeness (QED) is 0.670. The van der Waals surface area contributed by atoms with Crippen molar-refractivity contribution in [3.05, 3.63) is 77.1 Å². The van der Waals surface area contributed by atoms with Crippen LogP contribution in [-0.4, -0.2) is 45.9 Å². The van der Waals surface area contributed by atoms with Gasteiger partial charge >= 0.3 is 0 Å². The van der Waals surface area contributed by atoms with E-state index >= 15 is 0 Å². The fraction of sp³-hybridized carbons (Fsp3) is 0.227. The molecule has 1 heterocycles. The predicted molar refractivity (Wildman–Crippen MR) is 108 cm³/mol. The topological polar surface area (TPSA) is 91.4 Å². The summed E-state index contributed by atoms with van der Waals surface area (Å²) in [6.07, 6.45) is 0. The Kier molecular flexibility index (Phi) is 6.27. The van der Waals surface area contributed by atoms with Gasteiger partial charge in [0.2, 0.25) is 0 Å². The van der Waals surface area contributed by atoms with E-state index in [0.29, 0.717) is 28.3 Å². The molecule has 7 heteroatoms. The van der Waals surface area contributed by atoms with Gasteiger partial charge in [0.05, 0.1) is 23.7 Å². The lowest BCUT2D eigenvalue weighted by Crippen LogP contribution is -2.29. The van der Waals surface area contributed by atoms with Gasteiger partial charge in [0, 0.05) is 19.2 Å². The van der Waals surface area contributed by atoms with Crippen LogP contribution in [0.4, 0.5) is 0 Å². The average molecular weight is 390 g/mol. The van der Waals surface area contributed by atoms with E-state index in [-0.39, 0.29) is 25.7 Å². The Balaban J connectivity index is 1.78. The summed E-state index contributed by atoms with van der Waals surface area (Å²) in [6.45, 7) is 2.15. The van der Waals surface area contributed by atoms with Crippen LogP contribution in [-0.2, 0) is 6.61 Å². The van der Waals surface area contributed by atoms with Crippen molar-refractivity contribution < 1.29 is 14.6 Å². The van der Waals surface area contributed by atoms with Gasteiger partial charge in [0.1, 0.15) is 24.0 Å². The van der Waals surface area contributed by atoms with E-state index in [1.54, 1.807) is 42.9 Å². The maximum absolute atomic E-state index is 12.2. The van der Waals surface area contributed by atoms with E-state index in [2.05, 4.69) is 11.2 Å². The Hall–Kier alpha value is -3.63. The first-order valence-electron chi connectivity index (χ1n) is 9.18. The Bertz CT molecular complexity index is 1020. The molecule has 7 nitrogen and oxygen atoms in total. The third-order valence-corrected chi connectivity index (χ3v) is 4.53. The number of ether oxygens (including phenoxy) is 1. The number of amides is 1. The largest absolute Gasteiger partial charge is 0.487 e. The normalized spacial score (nSPS) is 10.4. The molecule has 0 aliphatic heterocycles. The van der Waals surface area contributed by atoms with E-state index in [4.69, 9.17) is 9.84 Å². The van der Waals surface area contributed by atoms with Crippen LogP contribution in [0.5, 0.6) is 5.75 Å². The number of carbonyl (C=O) groups is 1. The van der Waals surface area contributed by atoms with Crippen molar-refractivity contribution in [2.75, 3.05) is 20.2 Å². The van der Waals surface area contributed by atoms with Crippen LogP contribution in [0.15, 0.2) is 54.6 Å². The molecule has 0 atom stereocenters. The van der Waals surface area contributed by atoms with Crippen LogP contribution >= 0.6 is 0 Å². The predicted octanol–water partition coefficient (Wildman–Crippen LogP) is 2.70. The van der Waals surface area contributed by atoms with Gasteiger partial charge in [-0.2, -0.15) is 10.4 Å². The molecule has 0 spiro atoms. The number of benzene rings is 2. The first-order valence-corrected chi connectivity index (χ1v) is 9.18. The molecule has 0 aliphatic carbocycles. The fourth-order valence-corrected chi connectivity index (χ4v) is 2.95. The maximum atomic E-state index is 12.2. The number of aryl methyl sites for hydroxylation is 1. The SMILES string of the molecule is Cc1nn(-c2ccccc2)c(COc2ccc(C(=O)N(C)CCO)cc2)c1C#N. The summed E-state index contributed by atoms with van der Waals surface area (Å²) < 4.78 is 7.59. The molecule has 0 aliphatic rings. The van der Waals surface area contributed by atoms with Gasteiger partial charge in [-0.05, 0) is 43.3 Å². The zero-order valence-electron chi connectivity index (χ0n) is 16.4. The van der Waals surface area contributed by atoms with Crippen LogP contribution in [0.1, 0.15) is 27.3 Å². The van der Waals surface area contributed by atoms with E-state index in [1.807, 2.05) is 30.3 Å². The summed E-state index contributed by atoms with van der Waals surface area (Å²) >= 11 is 0. The number of likely N-dealkylation sites (N-methyl/N-ethyl adjacent to an activating group) is 1. The molecular formula is C22H22N4O3. The van der Waals surface area contributed by atoms with Crippen LogP contribution in [0.3, 0.4) is 0 Å². The molecule has 29 heavy (non-hydrogen) atoms. The van der Waals surface area contributed by atoms with Gasteiger partial charge in [-0.25, -0.2) is 4.68 Å². The Morgan fingerprint density at radius 2 is 1.90 bits per heavy atom. The molecule has 1 amide bonds. The van der Waals surface area contributed by atoms with E-state index in [9.17, 15) is 10.1 Å². The standard InChI is InChI=1S/C22H22N4O3/c1-16-20(14-23)21(26(24-16)18-6-4-3-5-7-18)15-29-19-10-8-17(9-11-19)22(28)25(2)12-13-27/h3-11,27H,12-13,15H2,1-2H3. The molecule has 148 valence electrons.